The first-order valence-electron chi connectivity index (χ1n) is 16.6. The molecule has 0 radical (unpaired) electrons. The largest absolute Gasteiger partial charge is 0.361 e. The Morgan fingerprint density at radius 2 is 1.00 bits per heavy atom. The lowest BCUT2D eigenvalue weighted by Crippen LogP contribution is -2.22. The molecular formula is C43H33BrN6O4. The van der Waals surface area contributed by atoms with Crippen LogP contribution in [-0.4, -0.2) is 31.8 Å². The van der Waals surface area contributed by atoms with Gasteiger partial charge in [0.1, 0.15) is 11.1 Å². The van der Waals surface area contributed by atoms with E-state index >= 15 is 0 Å². The molecular weight excluding hydrogens is 744 g/mol. The highest BCUT2D eigenvalue weighted by molar-refractivity contribution is 9.10. The van der Waals surface area contributed by atoms with Crippen molar-refractivity contribution in [3.8, 4) is 11.1 Å². The molecule has 10 nitrogen and oxygen atoms in total. The molecule has 9 aromatic rings. The van der Waals surface area contributed by atoms with Crippen molar-refractivity contribution in [1.29, 1.82) is 0 Å². The number of aromatic nitrogens is 4. The maximum atomic E-state index is 13.0. The number of carbonyl (C=O) groups excluding carboxylic acids is 2. The highest BCUT2D eigenvalue weighted by Gasteiger charge is 2.17. The second kappa shape index (κ2) is 14.9. The van der Waals surface area contributed by atoms with Gasteiger partial charge in [0.25, 0.3) is 11.8 Å². The van der Waals surface area contributed by atoms with Crippen molar-refractivity contribution in [2.45, 2.75) is 7.43 Å². The molecule has 266 valence electrons. The van der Waals surface area contributed by atoms with E-state index in [1.54, 1.807) is 30.3 Å². The van der Waals surface area contributed by atoms with Gasteiger partial charge in [0.15, 0.2) is 0 Å². The van der Waals surface area contributed by atoms with Crippen LogP contribution in [0.15, 0.2) is 154 Å². The normalized spacial score (nSPS) is 10.8. The Morgan fingerprint density at radius 1 is 0.519 bits per heavy atom. The zero-order chi connectivity index (χ0) is 36.5. The molecule has 4 aromatic heterocycles. The van der Waals surface area contributed by atoms with Gasteiger partial charge < -0.3 is 30.6 Å². The summed E-state index contributed by atoms with van der Waals surface area (Å²) >= 11 is 3.45. The number of hydrogen-bond donors (Lipinski definition) is 6. The quantitative estimate of drug-likeness (QED) is 0.103. The van der Waals surface area contributed by atoms with E-state index in [0.717, 1.165) is 37.4 Å². The van der Waals surface area contributed by atoms with Crippen molar-refractivity contribution in [2.75, 3.05) is 10.6 Å². The molecule has 5 aromatic carbocycles. The molecule has 0 spiro atoms. The Bertz CT molecular complexity index is 2960. The van der Waals surface area contributed by atoms with Crippen LogP contribution < -0.4 is 21.5 Å². The fourth-order valence-electron chi connectivity index (χ4n) is 6.28. The molecule has 0 bridgehead atoms. The van der Waals surface area contributed by atoms with Crippen LogP contribution in [0.2, 0.25) is 0 Å². The summed E-state index contributed by atoms with van der Waals surface area (Å²) in [4.78, 5) is 63.1. The second-order valence-corrected chi connectivity index (χ2v) is 13.1. The molecule has 0 fully saturated rings. The van der Waals surface area contributed by atoms with E-state index in [0.29, 0.717) is 33.2 Å². The predicted molar refractivity (Wildman–Crippen MR) is 222 cm³/mol. The van der Waals surface area contributed by atoms with Crippen LogP contribution in [0.25, 0.3) is 54.7 Å². The first kappa shape index (κ1) is 35.4. The highest BCUT2D eigenvalue weighted by Crippen LogP contribution is 2.33. The summed E-state index contributed by atoms with van der Waals surface area (Å²) < 4.78 is 0.750. The number of pyridine rings is 2. The summed E-state index contributed by atoms with van der Waals surface area (Å²) in [5.74, 6) is -0.895. The monoisotopic (exact) mass is 776 g/mol. The molecule has 0 aliphatic rings. The third-order valence-electron chi connectivity index (χ3n) is 8.98. The van der Waals surface area contributed by atoms with Crippen molar-refractivity contribution >= 4 is 82.7 Å². The molecule has 54 heavy (non-hydrogen) atoms. The van der Waals surface area contributed by atoms with Crippen LogP contribution in [0, 0.1) is 0 Å². The topological polar surface area (TPSA) is 155 Å². The maximum Gasteiger partial charge on any atom is 0.261 e. The number of amides is 2. The van der Waals surface area contributed by atoms with Gasteiger partial charge in [0, 0.05) is 78.4 Å². The zero-order valence-corrected chi connectivity index (χ0v) is 29.4. The van der Waals surface area contributed by atoms with Crippen LogP contribution >= 0.6 is 15.9 Å². The van der Waals surface area contributed by atoms with Gasteiger partial charge in [-0.25, -0.2) is 0 Å². The van der Waals surface area contributed by atoms with Crippen molar-refractivity contribution < 1.29 is 9.59 Å². The lowest BCUT2D eigenvalue weighted by molar-refractivity contribution is 0.101. The number of aromatic amines is 4. The van der Waals surface area contributed by atoms with Crippen LogP contribution in [0.5, 0.6) is 0 Å². The van der Waals surface area contributed by atoms with Crippen molar-refractivity contribution in [3.63, 3.8) is 0 Å². The standard InChI is InChI=1S/C24H17N3O2.C18H12BrN3O2.CH4/c28-23-17-8-4-5-9-20(17)26-14-19(23)24(29)27-22-13-21-16(10-11-25-21)12-18(22)15-6-2-1-3-7-15;19-13-7-10-5-6-20-15(10)8-16(13)22-18(24)12-9-21-14-4-2-1-3-11(14)17(12)23;/h1-14,25H,(H,26,28)(H,27,29);1-9,20H,(H,21,23)(H,22,24);1H4. The summed E-state index contributed by atoms with van der Waals surface area (Å²) in [6.07, 6.45) is 6.60. The molecule has 6 N–H and O–H groups in total. The van der Waals surface area contributed by atoms with Gasteiger partial charge in [0.2, 0.25) is 10.9 Å². The SMILES string of the molecule is C.O=C(Nc1cc2[nH]ccc2cc1-c1ccccc1)c1c[nH]c2ccccc2c1=O.O=C(Nc1cc2[nH]ccc2cc1Br)c1c[nH]c2ccccc2c1=O. The number of benzene rings is 5. The first-order valence-corrected chi connectivity index (χ1v) is 17.4. The van der Waals surface area contributed by atoms with E-state index < -0.39 is 11.8 Å². The molecule has 0 saturated heterocycles. The molecule has 11 heteroatoms. The van der Waals surface area contributed by atoms with Crippen LogP contribution in [-0.2, 0) is 0 Å². The molecule has 0 aliphatic heterocycles. The lowest BCUT2D eigenvalue weighted by Gasteiger charge is -2.12. The summed E-state index contributed by atoms with van der Waals surface area (Å²) in [6.45, 7) is 0. The molecule has 0 saturated carbocycles. The number of hydrogen-bond acceptors (Lipinski definition) is 4. The number of para-hydroxylation sites is 2. The van der Waals surface area contributed by atoms with Crippen LogP contribution in [0.4, 0.5) is 11.4 Å². The minimum atomic E-state index is -0.450. The zero-order valence-electron chi connectivity index (χ0n) is 27.8. The van der Waals surface area contributed by atoms with Gasteiger partial charge in [0.05, 0.1) is 11.4 Å². The summed E-state index contributed by atoms with van der Waals surface area (Å²) in [5, 5.41) is 8.78. The van der Waals surface area contributed by atoms with Crippen LogP contribution in [0.1, 0.15) is 28.1 Å². The van der Waals surface area contributed by atoms with Gasteiger partial charge >= 0.3 is 0 Å². The molecule has 2 amide bonds. The van der Waals surface area contributed by atoms with Crippen molar-refractivity contribution in [3.05, 3.63) is 176 Å². The third-order valence-corrected chi connectivity index (χ3v) is 9.64. The van der Waals surface area contributed by atoms with Gasteiger partial charge in [-0.15, -0.1) is 0 Å². The minimum absolute atomic E-state index is 0. The fourth-order valence-corrected chi connectivity index (χ4v) is 6.74. The van der Waals surface area contributed by atoms with E-state index in [-0.39, 0.29) is 29.4 Å². The van der Waals surface area contributed by atoms with E-state index in [4.69, 9.17) is 0 Å². The molecule has 0 aliphatic carbocycles. The summed E-state index contributed by atoms with van der Waals surface area (Å²) in [5.41, 5.74) is 5.90. The molecule has 4 heterocycles. The molecule has 9 rings (SSSR count). The van der Waals surface area contributed by atoms with Gasteiger partial charge in [-0.1, -0.05) is 62.0 Å². The van der Waals surface area contributed by atoms with Crippen LogP contribution in [0.3, 0.4) is 0 Å². The number of fused-ring (bicyclic) bond motifs is 4. The van der Waals surface area contributed by atoms with Gasteiger partial charge in [-0.2, -0.15) is 0 Å². The smallest absolute Gasteiger partial charge is 0.261 e. The van der Waals surface area contributed by atoms with E-state index in [1.165, 1.54) is 12.4 Å². The highest BCUT2D eigenvalue weighted by atomic mass is 79.9. The predicted octanol–water partition coefficient (Wildman–Crippen LogP) is 9.59. The van der Waals surface area contributed by atoms with Crippen molar-refractivity contribution in [2.24, 2.45) is 0 Å². The Morgan fingerprint density at radius 3 is 1.57 bits per heavy atom. The average molecular weight is 778 g/mol. The lowest BCUT2D eigenvalue weighted by atomic mass is 10.0. The number of H-pyrrole nitrogens is 4. The van der Waals surface area contributed by atoms with Crippen molar-refractivity contribution in [1.82, 2.24) is 19.9 Å². The minimum Gasteiger partial charge on any atom is -0.361 e. The Hall–Kier alpha value is -6.98. The number of nitrogens with one attached hydrogen (secondary N) is 6. The summed E-state index contributed by atoms with van der Waals surface area (Å²) in [6, 6.07) is 35.7. The summed E-state index contributed by atoms with van der Waals surface area (Å²) in [7, 11) is 0. The number of anilines is 2. The Labute approximate surface area is 316 Å². The second-order valence-electron chi connectivity index (χ2n) is 12.3. The Balaban J connectivity index is 0.000000166. The van der Waals surface area contributed by atoms with Gasteiger partial charge in [-0.3, -0.25) is 19.2 Å². The number of rotatable bonds is 5. The Kier molecular flexibility index (Phi) is 9.80. The molecule has 0 unspecified atom stereocenters. The van der Waals surface area contributed by atoms with E-state index in [1.807, 2.05) is 97.3 Å². The number of carbonyl (C=O) groups is 2. The maximum absolute atomic E-state index is 13.0. The third kappa shape index (κ3) is 6.83. The average Bonchev–Trinajstić information content (AvgIpc) is 3.84. The molecule has 0 atom stereocenters. The first-order chi connectivity index (χ1) is 25.8. The fraction of sp³-hybridized carbons (Fsp3) is 0.0233. The van der Waals surface area contributed by atoms with E-state index in [9.17, 15) is 19.2 Å². The number of halogens is 1. The van der Waals surface area contributed by atoms with E-state index in [2.05, 4.69) is 46.5 Å². The van der Waals surface area contributed by atoms with Gasteiger partial charge in [-0.05, 0) is 82.2 Å².